The maximum absolute atomic E-state index is 11.8. The monoisotopic (exact) mass is 326 g/mol. The second-order valence-corrected chi connectivity index (χ2v) is 5.51. The summed E-state index contributed by atoms with van der Waals surface area (Å²) in [5, 5.41) is 14.5. The highest BCUT2D eigenvalue weighted by Gasteiger charge is 2.33. The van der Waals surface area contributed by atoms with Crippen molar-refractivity contribution in [2.45, 2.75) is 25.3 Å². The first-order valence-corrected chi connectivity index (χ1v) is 6.91. The molecule has 0 aliphatic heterocycles. The Balaban J connectivity index is 1.92. The number of anilines is 1. The molecule has 1 saturated carbocycles. The summed E-state index contributed by atoms with van der Waals surface area (Å²) in [5.74, 6) is -1.32. The molecule has 0 radical (unpaired) electrons. The van der Waals surface area contributed by atoms with Crippen molar-refractivity contribution in [1.82, 2.24) is 5.32 Å². The van der Waals surface area contributed by atoms with Crippen LogP contribution in [0.4, 0.5) is 10.5 Å². The van der Waals surface area contributed by atoms with E-state index in [1.165, 1.54) is 0 Å². The third-order valence-corrected chi connectivity index (χ3v) is 3.73. The fourth-order valence-corrected chi connectivity index (χ4v) is 2.73. The summed E-state index contributed by atoms with van der Waals surface area (Å²) in [5.41, 5.74) is 0.664. The van der Waals surface area contributed by atoms with Gasteiger partial charge in [0.15, 0.2) is 0 Å². The molecule has 1 aromatic rings. The molecule has 0 saturated heterocycles. The summed E-state index contributed by atoms with van der Waals surface area (Å²) in [6, 6.07) is 6.58. The molecule has 1 aliphatic rings. The second-order valence-electron chi connectivity index (χ2n) is 4.59. The van der Waals surface area contributed by atoms with Crippen LogP contribution >= 0.6 is 15.9 Å². The van der Waals surface area contributed by atoms with Crippen molar-refractivity contribution in [1.29, 1.82) is 0 Å². The van der Waals surface area contributed by atoms with E-state index in [2.05, 4.69) is 26.6 Å². The molecular formula is C13H15BrN2O3. The van der Waals surface area contributed by atoms with Gasteiger partial charge >= 0.3 is 12.0 Å². The topological polar surface area (TPSA) is 78.4 Å². The van der Waals surface area contributed by atoms with Crippen LogP contribution in [0.1, 0.15) is 19.3 Å². The largest absolute Gasteiger partial charge is 0.481 e. The number of benzene rings is 1. The number of nitrogens with one attached hydrogen (secondary N) is 2. The zero-order valence-electron chi connectivity index (χ0n) is 10.2. The number of aliphatic carboxylic acids is 1. The minimum atomic E-state index is -0.842. The zero-order chi connectivity index (χ0) is 13.8. The molecule has 1 fully saturated rings. The number of hydrogen-bond acceptors (Lipinski definition) is 2. The van der Waals surface area contributed by atoms with E-state index in [0.29, 0.717) is 18.5 Å². The lowest BCUT2D eigenvalue weighted by Crippen LogP contribution is -2.42. The van der Waals surface area contributed by atoms with Crippen LogP contribution < -0.4 is 10.6 Å². The average Bonchev–Trinajstić information content (AvgIpc) is 2.76. The van der Waals surface area contributed by atoms with E-state index >= 15 is 0 Å². The van der Waals surface area contributed by atoms with Crippen LogP contribution in [0, 0.1) is 5.92 Å². The first-order chi connectivity index (χ1) is 9.06. The van der Waals surface area contributed by atoms with Crippen LogP contribution in [0.2, 0.25) is 0 Å². The summed E-state index contributed by atoms with van der Waals surface area (Å²) in [7, 11) is 0. The van der Waals surface area contributed by atoms with Crippen LogP contribution in [0.5, 0.6) is 0 Å². The fourth-order valence-electron chi connectivity index (χ4n) is 2.33. The fraction of sp³-hybridized carbons (Fsp3) is 0.385. The Labute approximate surface area is 119 Å². The lowest BCUT2D eigenvalue weighted by atomic mass is 10.0. The molecule has 102 valence electrons. The van der Waals surface area contributed by atoms with Crippen molar-refractivity contribution in [2.24, 2.45) is 5.92 Å². The third kappa shape index (κ3) is 3.70. The predicted molar refractivity (Wildman–Crippen MR) is 75.1 cm³/mol. The summed E-state index contributed by atoms with van der Waals surface area (Å²) in [4.78, 5) is 22.8. The van der Waals surface area contributed by atoms with Gasteiger partial charge in [0.05, 0.1) is 5.92 Å². The molecule has 2 unspecified atom stereocenters. The van der Waals surface area contributed by atoms with Crippen molar-refractivity contribution in [3.8, 4) is 0 Å². The van der Waals surface area contributed by atoms with Crippen molar-refractivity contribution < 1.29 is 14.7 Å². The smallest absolute Gasteiger partial charge is 0.319 e. The van der Waals surface area contributed by atoms with Gasteiger partial charge in [-0.25, -0.2) is 4.79 Å². The van der Waals surface area contributed by atoms with Crippen LogP contribution in [-0.2, 0) is 4.79 Å². The van der Waals surface area contributed by atoms with E-state index in [0.717, 1.165) is 10.9 Å². The van der Waals surface area contributed by atoms with Gasteiger partial charge in [-0.1, -0.05) is 28.4 Å². The van der Waals surface area contributed by atoms with E-state index in [1.807, 2.05) is 12.1 Å². The molecule has 3 N–H and O–H groups in total. The van der Waals surface area contributed by atoms with E-state index in [4.69, 9.17) is 5.11 Å². The maximum Gasteiger partial charge on any atom is 0.319 e. The first-order valence-electron chi connectivity index (χ1n) is 6.12. The van der Waals surface area contributed by atoms with Gasteiger partial charge in [0.25, 0.3) is 0 Å². The summed E-state index contributed by atoms with van der Waals surface area (Å²) < 4.78 is 0.870. The quantitative estimate of drug-likeness (QED) is 0.799. The number of carboxylic acid groups (broad SMARTS) is 1. The van der Waals surface area contributed by atoms with Gasteiger partial charge in [0.2, 0.25) is 0 Å². The predicted octanol–water partition coefficient (Wildman–Crippen LogP) is 2.82. The summed E-state index contributed by atoms with van der Waals surface area (Å²) in [6.07, 6.45) is 2.17. The number of urea groups is 1. The normalized spacial score (nSPS) is 21.9. The molecule has 1 aromatic carbocycles. The summed E-state index contributed by atoms with van der Waals surface area (Å²) in [6.45, 7) is 0. The van der Waals surface area contributed by atoms with E-state index < -0.39 is 11.9 Å². The molecular weight excluding hydrogens is 312 g/mol. The van der Waals surface area contributed by atoms with Gasteiger partial charge in [-0.05, 0) is 31.0 Å². The third-order valence-electron chi connectivity index (χ3n) is 3.23. The molecule has 2 amide bonds. The molecule has 1 aliphatic carbocycles. The number of halogens is 1. The van der Waals surface area contributed by atoms with Crippen LogP contribution in [0.15, 0.2) is 28.7 Å². The highest BCUT2D eigenvalue weighted by atomic mass is 79.9. The molecule has 0 heterocycles. The highest BCUT2D eigenvalue weighted by Crippen LogP contribution is 2.26. The number of rotatable bonds is 3. The Hall–Kier alpha value is -1.56. The van der Waals surface area contributed by atoms with Gasteiger partial charge in [0.1, 0.15) is 0 Å². The van der Waals surface area contributed by atoms with Gasteiger partial charge in [-0.2, -0.15) is 0 Å². The molecule has 0 spiro atoms. The minimum absolute atomic E-state index is 0.287. The Morgan fingerprint density at radius 2 is 2.11 bits per heavy atom. The molecule has 19 heavy (non-hydrogen) atoms. The number of amides is 2. The van der Waals surface area contributed by atoms with Crippen LogP contribution in [0.25, 0.3) is 0 Å². The second kappa shape index (κ2) is 6.06. The van der Waals surface area contributed by atoms with Crippen LogP contribution in [0.3, 0.4) is 0 Å². The lowest BCUT2D eigenvalue weighted by molar-refractivity contribution is -0.142. The standard InChI is InChI=1S/C13H15BrN2O3/c14-8-3-1-4-9(7-8)15-13(19)16-11-6-2-5-10(11)12(17)18/h1,3-4,7,10-11H,2,5-6H2,(H,17,18)(H2,15,16,19). The van der Waals surface area contributed by atoms with Crippen molar-refractivity contribution in [3.05, 3.63) is 28.7 Å². The van der Waals surface area contributed by atoms with E-state index in [-0.39, 0.29) is 12.1 Å². The van der Waals surface area contributed by atoms with Gasteiger partial charge < -0.3 is 15.7 Å². The zero-order valence-corrected chi connectivity index (χ0v) is 11.8. The Morgan fingerprint density at radius 3 is 2.79 bits per heavy atom. The van der Waals surface area contributed by atoms with Crippen molar-refractivity contribution in [3.63, 3.8) is 0 Å². The molecule has 0 aromatic heterocycles. The Kier molecular flexibility index (Phi) is 4.42. The molecule has 5 nitrogen and oxygen atoms in total. The van der Waals surface area contributed by atoms with Gasteiger partial charge in [0, 0.05) is 16.2 Å². The Morgan fingerprint density at radius 1 is 1.32 bits per heavy atom. The highest BCUT2D eigenvalue weighted by molar-refractivity contribution is 9.10. The number of hydrogen-bond donors (Lipinski definition) is 3. The molecule has 6 heteroatoms. The van der Waals surface area contributed by atoms with Crippen molar-refractivity contribution >= 4 is 33.6 Å². The lowest BCUT2D eigenvalue weighted by Gasteiger charge is -2.18. The summed E-state index contributed by atoms with van der Waals surface area (Å²) >= 11 is 3.32. The first kappa shape index (κ1) is 13.9. The Bertz CT molecular complexity index is 493. The molecule has 2 rings (SSSR count). The molecule has 0 bridgehead atoms. The van der Waals surface area contributed by atoms with E-state index in [1.54, 1.807) is 12.1 Å². The minimum Gasteiger partial charge on any atom is -0.481 e. The number of carbonyl (C=O) groups is 2. The average molecular weight is 327 g/mol. The number of carboxylic acids is 1. The van der Waals surface area contributed by atoms with Crippen LogP contribution in [-0.4, -0.2) is 23.1 Å². The molecule has 2 atom stereocenters. The van der Waals surface area contributed by atoms with Gasteiger partial charge in [-0.15, -0.1) is 0 Å². The van der Waals surface area contributed by atoms with Gasteiger partial charge in [-0.3, -0.25) is 4.79 Å². The van der Waals surface area contributed by atoms with E-state index in [9.17, 15) is 9.59 Å². The van der Waals surface area contributed by atoms with Crippen molar-refractivity contribution in [2.75, 3.05) is 5.32 Å². The maximum atomic E-state index is 11.8. The SMILES string of the molecule is O=C(Nc1cccc(Br)c1)NC1CCCC1C(=O)O. The number of carbonyl (C=O) groups excluding carboxylic acids is 1.